The highest BCUT2D eigenvalue weighted by Gasteiger charge is 2.25. The SMILES string of the molecule is CCC(CC)NC(=O)C(C)NC(C)CC1CC1. The molecule has 3 heteroatoms. The van der Waals surface area contributed by atoms with Gasteiger partial charge in [-0.25, -0.2) is 0 Å². The molecule has 0 aromatic rings. The van der Waals surface area contributed by atoms with Gasteiger partial charge in [-0.2, -0.15) is 0 Å². The maximum Gasteiger partial charge on any atom is 0.237 e. The van der Waals surface area contributed by atoms with E-state index in [1.165, 1.54) is 19.3 Å². The fraction of sp³-hybridized carbons (Fsp3) is 0.929. The summed E-state index contributed by atoms with van der Waals surface area (Å²) in [6.45, 7) is 8.37. The lowest BCUT2D eigenvalue weighted by atomic mass is 10.1. The second kappa shape index (κ2) is 7.00. The Labute approximate surface area is 106 Å². The average Bonchev–Trinajstić information content (AvgIpc) is 3.08. The Bertz CT molecular complexity index is 234. The summed E-state index contributed by atoms with van der Waals surface area (Å²) in [6.07, 6.45) is 5.97. The third-order valence-electron chi connectivity index (χ3n) is 3.64. The molecular weight excluding hydrogens is 212 g/mol. The van der Waals surface area contributed by atoms with Crippen molar-refractivity contribution < 1.29 is 4.79 Å². The zero-order valence-electron chi connectivity index (χ0n) is 11.8. The van der Waals surface area contributed by atoms with Gasteiger partial charge in [-0.05, 0) is 39.0 Å². The molecule has 0 heterocycles. The normalized spacial score (nSPS) is 19.1. The molecule has 1 amide bonds. The molecule has 0 aliphatic heterocycles. The maximum atomic E-state index is 11.9. The van der Waals surface area contributed by atoms with Gasteiger partial charge < -0.3 is 10.6 Å². The molecular formula is C14H28N2O. The first-order chi connectivity index (χ1) is 8.06. The van der Waals surface area contributed by atoms with Gasteiger partial charge in [-0.15, -0.1) is 0 Å². The summed E-state index contributed by atoms with van der Waals surface area (Å²) < 4.78 is 0. The van der Waals surface area contributed by atoms with Crippen LogP contribution in [0, 0.1) is 5.92 Å². The van der Waals surface area contributed by atoms with Crippen LogP contribution in [0.4, 0.5) is 0 Å². The van der Waals surface area contributed by atoms with Crippen LogP contribution in [-0.4, -0.2) is 24.0 Å². The van der Waals surface area contributed by atoms with Gasteiger partial charge in [0.05, 0.1) is 6.04 Å². The second-order valence-corrected chi connectivity index (χ2v) is 5.49. The van der Waals surface area contributed by atoms with E-state index < -0.39 is 0 Å². The zero-order valence-corrected chi connectivity index (χ0v) is 11.8. The summed E-state index contributed by atoms with van der Waals surface area (Å²) >= 11 is 0. The molecule has 1 aliphatic rings. The van der Waals surface area contributed by atoms with E-state index in [4.69, 9.17) is 0 Å². The molecule has 2 N–H and O–H groups in total. The minimum absolute atomic E-state index is 0.0793. The van der Waals surface area contributed by atoms with Gasteiger partial charge in [0, 0.05) is 12.1 Å². The second-order valence-electron chi connectivity index (χ2n) is 5.49. The molecule has 100 valence electrons. The predicted octanol–water partition coefficient (Wildman–Crippen LogP) is 2.46. The van der Waals surface area contributed by atoms with E-state index in [0.29, 0.717) is 12.1 Å². The highest BCUT2D eigenvalue weighted by atomic mass is 16.2. The monoisotopic (exact) mass is 240 g/mol. The van der Waals surface area contributed by atoms with Crippen molar-refractivity contribution >= 4 is 5.91 Å². The van der Waals surface area contributed by atoms with Crippen LogP contribution in [-0.2, 0) is 4.79 Å². The molecule has 2 atom stereocenters. The molecule has 1 saturated carbocycles. The number of hydrogen-bond donors (Lipinski definition) is 2. The third-order valence-corrected chi connectivity index (χ3v) is 3.64. The van der Waals surface area contributed by atoms with Crippen LogP contribution >= 0.6 is 0 Å². The Morgan fingerprint density at radius 1 is 1.24 bits per heavy atom. The topological polar surface area (TPSA) is 41.1 Å². The zero-order chi connectivity index (χ0) is 12.8. The van der Waals surface area contributed by atoms with Gasteiger partial charge in [-0.1, -0.05) is 26.7 Å². The van der Waals surface area contributed by atoms with Gasteiger partial charge >= 0.3 is 0 Å². The van der Waals surface area contributed by atoms with Crippen molar-refractivity contribution in [2.45, 2.75) is 77.9 Å². The fourth-order valence-corrected chi connectivity index (χ4v) is 2.24. The molecule has 0 bridgehead atoms. The molecule has 0 saturated heterocycles. The first-order valence-corrected chi connectivity index (χ1v) is 7.13. The Morgan fingerprint density at radius 3 is 2.29 bits per heavy atom. The quantitative estimate of drug-likeness (QED) is 0.684. The Morgan fingerprint density at radius 2 is 1.82 bits per heavy atom. The minimum atomic E-state index is -0.0793. The number of nitrogens with one attached hydrogen (secondary N) is 2. The molecule has 3 nitrogen and oxygen atoms in total. The van der Waals surface area contributed by atoms with Crippen molar-refractivity contribution in [2.75, 3.05) is 0 Å². The molecule has 0 aromatic carbocycles. The van der Waals surface area contributed by atoms with Gasteiger partial charge in [0.2, 0.25) is 5.91 Å². The lowest BCUT2D eigenvalue weighted by molar-refractivity contribution is -0.123. The van der Waals surface area contributed by atoms with Crippen LogP contribution in [0.2, 0.25) is 0 Å². The number of hydrogen-bond acceptors (Lipinski definition) is 2. The first-order valence-electron chi connectivity index (χ1n) is 7.13. The van der Waals surface area contributed by atoms with Gasteiger partial charge in [0.25, 0.3) is 0 Å². The smallest absolute Gasteiger partial charge is 0.237 e. The van der Waals surface area contributed by atoms with E-state index >= 15 is 0 Å². The maximum absolute atomic E-state index is 11.9. The van der Waals surface area contributed by atoms with Gasteiger partial charge in [0.1, 0.15) is 0 Å². The van der Waals surface area contributed by atoms with Crippen LogP contribution in [0.3, 0.4) is 0 Å². The number of carbonyl (C=O) groups excluding carboxylic acids is 1. The third kappa shape index (κ3) is 5.53. The lowest BCUT2D eigenvalue weighted by Crippen LogP contribution is -2.48. The van der Waals surface area contributed by atoms with Crippen molar-refractivity contribution in [3.05, 3.63) is 0 Å². The number of rotatable bonds is 8. The summed E-state index contributed by atoms with van der Waals surface area (Å²) in [5.41, 5.74) is 0. The standard InChI is InChI=1S/C14H28N2O/c1-5-13(6-2)16-14(17)11(4)15-10(3)9-12-7-8-12/h10-13,15H,5-9H2,1-4H3,(H,16,17). The summed E-state index contributed by atoms with van der Waals surface area (Å²) in [5.74, 6) is 1.05. The van der Waals surface area contributed by atoms with Crippen molar-refractivity contribution in [3.63, 3.8) is 0 Å². The molecule has 1 aliphatic carbocycles. The highest BCUT2D eigenvalue weighted by molar-refractivity contribution is 5.81. The molecule has 1 rings (SSSR count). The van der Waals surface area contributed by atoms with E-state index in [9.17, 15) is 4.79 Å². The van der Waals surface area contributed by atoms with Crippen molar-refractivity contribution in [1.82, 2.24) is 10.6 Å². The van der Waals surface area contributed by atoms with Crippen LogP contribution in [0.25, 0.3) is 0 Å². The molecule has 2 unspecified atom stereocenters. The van der Waals surface area contributed by atoms with Crippen LogP contribution < -0.4 is 10.6 Å². The number of amides is 1. The average molecular weight is 240 g/mol. The van der Waals surface area contributed by atoms with Crippen LogP contribution in [0.5, 0.6) is 0 Å². The van der Waals surface area contributed by atoms with E-state index in [1.807, 2.05) is 6.92 Å². The lowest BCUT2D eigenvalue weighted by Gasteiger charge is -2.22. The van der Waals surface area contributed by atoms with Crippen LogP contribution in [0.15, 0.2) is 0 Å². The molecule has 0 aromatic heterocycles. The first kappa shape index (κ1) is 14.5. The van der Waals surface area contributed by atoms with Gasteiger partial charge in [0.15, 0.2) is 0 Å². The highest BCUT2D eigenvalue weighted by Crippen LogP contribution is 2.33. The van der Waals surface area contributed by atoms with Gasteiger partial charge in [-0.3, -0.25) is 4.79 Å². The molecule has 0 radical (unpaired) electrons. The predicted molar refractivity (Wildman–Crippen MR) is 71.9 cm³/mol. The van der Waals surface area contributed by atoms with Crippen LogP contribution in [0.1, 0.15) is 59.8 Å². The Hall–Kier alpha value is -0.570. The summed E-state index contributed by atoms with van der Waals surface area (Å²) in [6, 6.07) is 0.694. The fourth-order valence-electron chi connectivity index (χ4n) is 2.24. The minimum Gasteiger partial charge on any atom is -0.352 e. The summed E-state index contributed by atoms with van der Waals surface area (Å²) in [5, 5.41) is 6.48. The van der Waals surface area contributed by atoms with Crippen molar-refractivity contribution in [1.29, 1.82) is 0 Å². The largest absolute Gasteiger partial charge is 0.352 e. The van der Waals surface area contributed by atoms with E-state index in [-0.39, 0.29) is 11.9 Å². The Balaban J connectivity index is 2.24. The van der Waals surface area contributed by atoms with E-state index in [0.717, 1.165) is 18.8 Å². The molecule has 0 spiro atoms. The Kier molecular flexibility index (Phi) is 5.96. The summed E-state index contributed by atoms with van der Waals surface area (Å²) in [4.78, 5) is 11.9. The van der Waals surface area contributed by atoms with E-state index in [2.05, 4.69) is 31.4 Å². The molecule has 17 heavy (non-hydrogen) atoms. The number of carbonyl (C=O) groups is 1. The van der Waals surface area contributed by atoms with Crippen molar-refractivity contribution in [3.8, 4) is 0 Å². The molecule has 1 fully saturated rings. The summed E-state index contributed by atoms with van der Waals surface area (Å²) in [7, 11) is 0. The van der Waals surface area contributed by atoms with Crippen molar-refractivity contribution in [2.24, 2.45) is 5.92 Å². The van der Waals surface area contributed by atoms with E-state index in [1.54, 1.807) is 0 Å².